The highest BCUT2D eigenvalue weighted by Crippen LogP contribution is 2.36. The van der Waals surface area contributed by atoms with Crippen LogP contribution in [0.15, 0.2) is 47.7 Å². The smallest absolute Gasteiger partial charge is 0.427 e. The van der Waals surface area contributed by atoms with Gasteiger partial charge in [-0.15, -0.1) is 0 Å². The van der Waals surface area contributed by atoms with E-state index in [9.17, 15) is 19.6 Å². The molecule has 1 aliphatic carbocycles. The van der Waals surface area contributed by atoms with Gasteiger partial charge in [-0.2, -0.15) is 0 Å². The number of rotatable bonds is 5. The minimum Gasteiger partial charge on any atom is -0.508 e. The standard InChI is InChI=1S/C15H18NO6P/c1-9(10-3-2-4-11(17)7-10)15(19)13-6-5-12(18)8-14(13)16-23(20,21)22/h2-7,9,15,17,19H,8H2,1H3,(H3,16,20,21,22). The summed E-state index contributed by atoms with van der Waals surface area (Å²) in [5.74, 6) is -0.719. The van der Waals surface area contributed by atoms with Gasteiger partial charge in [-0.05, 0) is 23.8 Å². The molecule has 2 unspecified atom stereocenters. The maximum atomic E-state index is 11.5. The zero-order chi connectivity index (χ0) is 17.2. The molecule has 0 amide bonds. The third-order valence-electron chi connectivity index (χ3n) is 3.62. The summed E-state index contributed by atoms with van der Waals surface area (Å²) in [6.07, 6.45) is 1.29. The molecule has 1 aliphatic rings. The lowest BCUT2D eigenvalue weighted by Crippen LogP contribution is -2.26. The van der Waals surface area contributed by atoms with Gasteiger partial charge in [-0.25, -0.2) is 4.57 Å². The molecule has 1 aromatic carbocycles. The predicted octanol–water partition coefficient (Wildman–Crippen LogP) is 1.32. The molecule has 0 saturated heterocycles. The van der Waals surface area contributed by atoms with Gasteiger partial charge < -0.3 is 20.0 Å². The molecular formula is C15H18NO6P. The number of hydrogen-bond acceptors (Lipinski definition) is 4. The van der Waals surface area contributed by atoms with E-state index in [1.54, 1.807) is 19.1 Å². The highest BCUT2D eigenvalue weighted by Gasteiger charge is 2.28. The molecule has 0 aromatic heterocycles. The second-order valence-electron chi connectivity index (χ2n) is 5.39. The Kier molecular flexibility index (Phi) is 5.06. The van der Waals surface area contributed by atoms with Crippen molar-refractivity contribution in [2.45, 2.75) is 25.4 Å². The van der Waals surface area contributed by atoms with Crippen LogP contribution in [0.5, 0.6) is 5.75 Å². The number of aliphatic hydroxyl groups excluding tert-OH is 1. The lowest BCUT2D eigenvalue weighted by Gasteiger charge is -2.25. The molecule has 7 nitrogen and oxygen atoms in total. The number of aromatic hydroxyl groups is 1. The Morgan fingerprint density at radius 3 is 2.57 bits per heavy atom. The van der Waals surface area contributed by atoms with Gasteiger partial charge in [0.2, 0.25) is 0 Å². The molecule has 2 rings (SSSR count). The summed E-state index contributed by atoms with van der Waals surface area (Å²) in [4.78, 5) is 29.6. The van der Waals surface area contributed by atoms with Crippen LogP contribution in [0.2, 0.25) is 0 Å². The van der Waals surface area contributed by atoms with Crippen LogP contribution in [0.25, 0.3) is 0 Å². The zero-order valence-electron chi connectivity index (χ0n) is 12.4. The van der Waals surface area contributed by atoms with Gasteiger partial charge in [-0.1, -0.05) is 25.1 Å². The first-order chi connectivity index (χ1) is 10.7. The van der Waals surface area contributed by atoms with Crippen molar-refractivity contribution in [3.63, 3.8) is 0 Å². The lowest BCUT2D eigenvalue weighted by molar-refractivity contribution is -0.114. The number of benzene rings is 1. The third-order valence-corrected chi connectivity index (χ3v) is 4.18. The Morgan fingerprint density at radius 1 is 1.26 bits per heavy atom. The number of phenolic OH excluding ortho intramolecular Hbond substituents is 1. The molecule has 0 radical (unpaired) electrons. The van der Waals surface area contributed by atoms with E-state index in [2.05, 4.69) is 0 Å². The highest BCUT2D eigenvalue weighted by molar-refractivity contribution is 7.49. The number of carbonyl (C=O) groups is 1. The van der Waals surface area contributed by atoms with E-state index in [-0.39, 0.29) is 29.2 Å². The molecule has 0 heterocycles. The maximum absolute atomic E-state index is 11.5. The van der Waals surface area contributed by atoms with Crippen LogP contribution in [0.1, 0.15) is 24.8 Å². The molecule has 5 N–H and O–H groups in total. The number of carbonyl (C=O) groups excluding carboxylic acids is 1. The monoisotopic (exact) mass is 339 g/mol. The van der Waals surface area contributed by atoms with Gasteiger partial charge in [0.1, 0.15) is 5.75 Å². The van der Waals surface area contributed by atoms with E-state index < -0.39 is 19.8 Å². The molecule has 0 aliphatic heterocycles. The van der Waals surface area contributed by atoms with E-state index >= 15 is 0 Å². The molecule has 0 saturated carbocycles. The van der Waals surface area contributed by atoms with Crippen molar-refractivity contribution < 1.29 is 29.4 Å². The quantitative estimate of drug-likeness (QED) is 0.512. The minimum absolute atomic E-state index is 0.00494. The predicted molar refractivity (Wildman–Crippen MR) is 83.5 cm³/mol. The van der Waals surface area contributed by atoms with Gasteiger partial charge in [0.15, 0.2) is 5.78 Å². The van der Waals surface area contributed by atoms with Crippen molar-refractivity contribution in [1.82, 2.24) is 5.09 Å². The number of hydrogen-bond donors (Lipinski definition) is 5. The third kappa shape index (κ3) is 4.53. The van der Waals surface area contributed by atoms with Gasteiger partial charge in [0.05, 0.1) is 12.5 Å². The lowest BCUT2D eigenvalue weighted by atomic mass is 9.87. The Hall–Kier alpha value is -1.92. The molecular weight excluding hydrogens is 321 g/mol. The van der Waals surface area contributed by atoms with Crippen LogP contribution in [0.4, 0.5) is 0 Å². The Labute approximate surface area is 133 Å². The second-order valence-corrected chi connectivity index (χ2v) is 6.71. The summed E-state index contributed by atoms with van der Waals surface area (Å²) in [6.45, 7) is 1.71. The fraction of sp³-hybridized carbons (Fsp3) is 0.267. The topological polar surface area (TPSA) is 127 Å². The average Bonchev–Trinajstić information content (AvgIpc) is 2.44. The normalized spacial score (nSPS) is 18.0. The van der Waals surface area contributed by atoms with Crippen molar-refractivity contribution >= 4 is 13.5 Å². The molecule has 8 heteroatoms. The van der Waals surface area contributed by atoms with Crippen LogP contribution >= 0.6 is 7.75 Å². The Bertz CT molecular complexity index is 720. The van der Waals surface area contributed by atoms with Crippen LogP contribution in [0.3, 0.4) is 0 Å². The van der Waals surface area contributed by atoms with E-state index in [0.29, 0.717) is 5.56 Å². The van der Waals surface area contributed by atoms with E-state index in [4.69, 9.17) is 9.79 Å². The maximum Gasteiger partial charge on any atom is 0.427 e. The largest absolute Gasteiger partial charge is 0.508 e. The molecule has 0 bridgehead atoms. The van der Waals surface area contributed by atoms with Crippen LogP contribution < -0.4 is 5.09 Å². The van der Waals surface area contributed by atoms with Crippen molar-refractivity contribution in [3.05, 3.63) is 53.3 Å². The van der Waals surface area contributed by atoms with Gasteiger partial charge in [0, 0.05) is 17.2 Å². The van der Waals surface area contributed by atoms with Crippen LogP contribution in [-0.4, -0.2) is 31.9 Å². The van der Waals surface area contributed by atoms with E-state index in [1.807, 2.05) is 5.09 Å². The molecule has 2 atom stereocenters. The second kappa shape index (κ2) is 6.68. The Balaban J connectivity index is 2.35. The summed E-state index contributed by atoms with van der Waals surface area (Å²) in [5.41, 5.74) is 0.903. The molecule has 0 spiro atoms. The molecule has 0 fully saturated rings. The van der Waals surface area contributed by atoms with Gasteiger partial charge >= 0.3 is 7.75 Å². The van der Waals surface area contributed by atoms with Gasteiger partial charge in [-0.3, -0.25) is 9.88 Å². The minimum atomic E-state index is -4.59. The molecule has 23 heavy (non-hydrogen) atoms. The van der Waals surface area contributed by atoms with E-state index in [1.165, 1.54) is 24.3 Å². The van der Waals surface area contributed by atoms with Crippen molar-refractivity contribution in [2.75, 3.05) is 0 Å². The summed E-state index contributed by atoms with van der Waals surface area (Å²) in [7, 11) is -4.59. The number of ketones is 1. The van der Waals surface area contributed by atoms with Crippen LogP contribution in [-0.2, 0) is 9.36 Å². The molecule has 1 aromatic rings. The molecule has 124 valence electrons. The summed E-state index contributed by atoms with van der Waals surface area (Å²) >= 11 is 0. The van der Waals surface area contributed by atoms with Crippen molar-refractivity contribution in [3.8, 4) is 5.75 Å². The number of aliphatic hydroxyl groups is 1. The zero-order valence-corrected chi connectivity index (χ0v) is 13.3. The summed E-state index contributed by atoms with van der Waals surface area (Å²) in [5, 5.41) is 22.1. The van der Waals surface area contributed by atoms with Crippen LogP contribution in [0, 0.1) is 0 Å². The SMILES string of the molecule is CC(c1cccc(O)c1)C(O)C1=C(NP(=O)(O)O)CC(=O)C=C1. The summed E-state index contributed by atoms with van der Waals surface area (Å²) in [6, 6.07) is 6.36. The highest BCUT2D eigenvalue weighted by atomic mass is 31.2. The van der Waals surface area contributed by atoms with Crippen molar-refractivity contribution in [1.29, 1.82) is 0 Å². The number of phenols is 1. The Morgan fingerprint density at radius 2 is 1.96 bits per heavy atom. The summed E-state index contributed by atoms with van der Waals surface area (Å²) < 4.78 is 11.2. The average molecular weight is 339 g/mol. The van der Waals surface area contributed by atoms with Gasteiger partial charge in [0.25, 0.3) is 0 Å². The fourth-order valence-corrected chi connectivity index (χ4v) is 2.99. The number of nitrogens with one attached hydrogen (secondary N) is 1. The van der Waals surface area contributed by atoms with E-state index in [0.717, 1.165) is 0 Å². The van der Waals surface area contributed by atoms with Crippen molar-refractivity contribution in [2.24, 2.45) is 0 Å². The number of allylic oxidation sites excluding steroid dienone is 2. The first-order valence-corrected chi connectivity index (χ1v) is 8.53. The first kappa shape index (κ1) is 17.4. The first-order valence-electron chi connectivity index (χ1n) is 6.92. The fourth-order valence-electron chi connectivity index (χ4n) is 2.44.